The number of carbonyl (C=O) groups is 5. The number of methoxy groups -OCH3 is 2. The quantitative estimate of drug-likeness (QED) is 0.0995. The molecule has 1 aromatic heterocycles. The minimum atomic E-state index is -0.899. The van der Waals surface area contributed by atoms with Crippen molar-refractivity contribution in [1.82, 2.24) is 30.3 Å². The highest BCUT2D eigenvalue weighted by atomic mass is 16.6. The van der Waals surface area contributed by atoms with Gasteiger partial charge in [0.15, 0.2) is 0 Å². The Hall–Kier alpha value is -4.64. The summed E-state index contributed by atoms with van der Waals surface area (Å²) in [5.41, 5.74) is 0.836. The van der Waals surface area contributed by atoms with Crippen LogP contribution in [0.1, 0.15) is 119 Å². The van der Waals surface area contributed by atoms with E-state index < -0.39 is 60.1 Å². The van der Waals surface area contributed by atoms with Gasteiger partial charge in [-0.2, -0.15) is 0 Å². The first-order valence-electron chi connectivity index (χ1n) is 23.6. The Morgan fingerprint density at radius 1 is 0.909 bits per heavy atom. The molecule has 1 saturated heterocycles. The fraction of sp³-hybridized carbons (Fsp3) is 0.680. The van der Waals surface area contributed by atoms with Crippen LogP contribution >= 0.6 is 0 Å². The molecule has 0 spiro atoms. The zero-order valence-corrected chi connectivity index (χ0v) is 42.3. The lowest BCUT2D eigenvalue weighted by Crippen LogP contribution is -2.60. The average molecular weight is 924 g/mol. The first-order valence-corrected chi connectivity index (χ1v) is 23.6. The molecule has 0 aliphatic carbocycles. The van der Waals surface area contributed by atoms with Crippen molar-refractivity contribution in [3.8, 4) is 0 Å². The van der Waals surface area contributed by atoms with Crippen molar-refractivity contribution in [2.45, 2.75) is 163 Å². The first-order chi connectivity index (χ1) is 30.9. The molecular weight excluding hydrogens is 843 g/mol. The number of carbonyl (C=O) groups excluding carboxylic acids is 5. The van der Waals surface area contributed by atoms with E-state index in [0.29, 0.717) is 37.3 Å². The number of nitrogens with one attached hydrogen (secondary N) is 3. The number of nitrogens with zero attached hydrogens (tertiary/aromatic N) is 4. The summed E-state index contributed by atoms with van der Waals surface area (Å²) in [6.45, 7) is 21.5. The van der Waals surface area contributed by atoms with Crippen molar-refractivity contribution in [3.63, 3.8) is 0 Å². The van der Waals surface area contributed by atoms with Crippen LogP contribution in [0.5, 0.6) is 0 Å². The number of hydrogen-bond acceptors (Lipinski definition) is 11. The molecule has 0 bridgehead atoms. The first kappa shape index (κ1) is 55.7. The summed E-state index contributed by atoms with van der Waals surface area (Å²) in [5, 5.41) is 19.6. The molecule has 1 aliphatic rings. The Labute approximate surface area is 394 Å². The molecule has 4 N–H and O–H groups in total. The van der Waals surface area contributed by atoms with Crippen LogP contribution in [0.3, 0.4) is 0 Å². The topological polar surface area (TPSA) is 192 Å². The lowest BCUT2D eigenvalue weighted by molar-refractivity contribution is -0.148. The number of anilines is 1. The van der Waals surface area contributed by atoms with Gasteiger partial charge >= 0.3 is 6.09 Å². The molecule has 0 radical (unpaired) electrons. The third-order valence-corrected chi connectivity index (χ3v) is 12.7. The van der Waals surface area contributed by atoms with Crippen molar-refractivity contribution >= 4 is 35.5 Å². The zero-order valence-electron chi connectivity index (χ0n) is 42.3. The van der Waals surface area contributed by atoms with Crippen LogP contribution in [0.2, 0.25) is 0 Å². The van der Waals surface area contributed by atoms with Crippen LogP contribution in [-0.2, 0) is 39.9 Å². The number of aromatic nitrogens is 1. The molecular formula is C50H81N7O9. The molecule has 1 aliphatic heterocycles. The lowest BCUT2D eigenvalue weighted by Gasteiger charge is -2.41. The van der Waals surface area contributed by atoms with Crippen LogP contribution in [0.25, 0.3) is 0 Å². The molecule has 3 rings (SSSR count). The van der Waals surface area contributed by atoms with Gasteiger partial charge < -0.3 is 39.8 Å². The van der Waals surface area contributed by atoms with Crippen LogP contribution < -0.4 is 16.0 Å². The van der Waals surface area contributed by atoms with Crippen LogP contribution in [0.15, 0.2) is 48.7 Å². The van der Waals surface area contributed by atoms with Crippen LogP contribution in [-0.4, -0.2) is 137 Å². The third-order valence-electron chi connectivity index (χ3n) is 12.7. The van der Waals surface area contributed by atoms with Crippen LogP contribution in [0.4, 0.5) is 10.6 Å². The van der Waals surface area contributed by atoms with Crippen molar-refractivity contribution in [2.75, 3.05) is 40.2 Å². The van der Waals surface area contributed by atoms with Gasteiger partial charge in [-0.3, -0.25) is 29.4 Å². The zero-order chi connectivity index (χ0) is 49.6. The smallest absolute Gasteiger partial charge is 0.413 e. The minimum absolute atomic E-state index is 0.0140. The van der Waals surface area contributed by atoms with E-state index in [9.17, 15) is 29.1 Å². The largest absolute Gasteiger partial charge is 0.444 e. The van der Waals surface area contributed by atoms with Gasteiger partial charge in [0.05, 0.1) is 54.8 Å². The highest BCUT2D eigenvalue weighted by Crippen LogP contribution is 2.30. The van der Waals surface area contributed by atoms with Crippen molar-refractivity contribution in [2.24, 2.45) is 23.7 Å². The number of hydrogen-bond donors (Lipinski definition) is 4. The number of aliphatic hydroxyl groups excluding tert-OH is 1. The number of aliphatic hydroxyl groups is 1. The van der Waals surface area contributed by atoms with E-state index in [1.165, 1.54) is 0 Å². The summed E-state index contributed by atoms with van der Waals surface area (Å²) < 4.78 is 17.4. The predicted octanol–water partition coefficient (Wildman–Crippen LogP) is 6.18. The number of benzene rings is 1. The Morgan fingerprint density at radius 2 is 1.56 bits per heavy atom. The molecule has 66 heavy (non-hydrogen) atoms. The number of likely N-dealkylation sites (N-methyl/N-ethyl adjacent to an activating group) is 2. The Kier molecular flexibility index (Phi) is 21.5. The lowest BCUT2D eigenvalue weighted by atomic mass is 9.89. The standard InChI is InChI=1S/C50H81N7O9/c1-16-32(6)43(38(64-14)28-40(58)57-26-20-23-37(57)45(65-15)33(7)46(60)52-34(8)44(59)36-21-18-17-19-22-36)56(13)48(62)41(30(2)3)54-47(61)42(31(4)5)55(12)29-35-24-25-51-39(27-35)53-49(63)66-50(9,10)11/h17-19,21-22,24-25,27,30-34,37-38,41-45,59H,16,20,23,26,28-29H2,1-15H3,(H,52,60)(H,54,61)(H,51,53,63). The number of pyridine rings is 1. The van der Waals surface area contributed by atoms with Gasteiger partial charge in [-0.15, -0.1) is 0 Å². The third kappa shape index (κ3) is 15.5. The summed E-state index contributed by atoms with van der Waals surface area (Å²) >= 11 is 0. The molecule has 1 fully saturated rings. The van der Waals surface area contributed by atoms with E-state index in [0.717, 1.165) is 12.0 Å². The van der Waals surface area contributed by atoms with Gasteiger partial charge in [-0.1, -0.05) is 85.2 Å². The normalized spacial score (nSPS) is 18.4. The molecule has 16 nitrogen and oxygen atoms in total. The number of amides is 5. The van der Waals surface area contributed by atoms with E-state index in [2.05, 4.69) is 20.9 Å². The number of rotatable bonds is 23. The van der Waals surface area contributed by atoms with Crippen molar-refractivity contribution < 1.29 is 43.3 Å². The summed E-state index contributed by atoms with van der Waals surface area (Å²) in [6, 6.07) is 9.76. The Balaban J connectivity index is 1.76. The van der Waals surface area contributed by atoms with E-state index in [4.69, 9.17) is 14.2 Å². The van der Waals surface area contributed by atoms with Crippen molar-refractivity contribution in [3.05, 3.63) is 59.8 Å². The Morgan fingerprint density at radius 3 is 2.12 bits per heavy atom. The van der Waals surface area contributed by atoms with Gasteiger partial charge in [0, 0.05) is 40.6 Å². The second kappa shape index (κ2) is 25.5. The van der Waals surface area contributed by atoms with Gasteiger partial charge in [0.2, 0.25) is 23.6 Å². The Bertz CT molecular complexity index is 1880. The maximum absolute atomic E-state index is 14.7. The fourth-order valence-corrected chi connectivity index (χ4v) is 9.10. The average Bonchev–Trinajstić information content (AvgIpc) is 3.74. The summed E-state index contributed by atoms with van der Waals surface area (Å²) in [7, 11) is 6.65. The molecule has 10 atom stereocenters. The fourth-order valence-electron chi connectivity index (χ4n) is 9.10. The maximum atomic E-state index is 14.7. The number of likely N-dealkylation sites (tertiary alicyclic amines) is 1. The van der Waals surface area contributed by atoms with E-state index >= 15 is 0 Å². The maximum Gasteiger partial charge on any atom is 0.413 e. The van der Waals surface area contributed by atoms with Gasteiger partial charge in [0.25, 0.3) is 0 Å². The van der Waals surface area contributed by atoms with E-state index in [1.54, 1.807) is 77.9 Å². The molecule has 10 unspecified atom stereocenters. The molecule has 2 aromatic rings. The summed E-state index contributed by atoms with van der Waals surface area (Å²) in [4.78, 5) is 78.9. The molecule has 5 amide bonds. The highest BCUT2D eigenvalue weighted by molar-refractivity contribution is 5.90. The molecule has 2 heterocycles. The van der Waals surface area contributed by atoms with E-state index in [-0.39, 0.29) is 53.8 Å². The van der Waals surface area contributed by atoms with Crippen LogP contribution in [0, 0.1) is 23.7 Å². The SMILES string of the molecule is CCC(C)C(C(CC(=O)N1CCCC1C(OC)C(C)C(=O)NC(C)C(O)c1ccccc1)OC)N(C)C(=O)C(NC(=O)C(C(C)C)N(C)Cc1ccnc(NC(=O)OC(C)(C)C)c1)C(C)C. The molecule has 1 aromatic carbocycles. The van der Waals surface area contributed by atoms with E-state index in [1.807, 2.05) is 89.9 Å². The second-order valence-corrected chi connectivity index (χ2v) is 19.8. The van der Waals surface area contributed by atoms with Gasteiger partial charge in [-0.25, -0.2) is 9.78 Å². The molecule has 16 heteroatoms. The monoisotopic (exact) mass is 924 g/mol. The van der Waals surface area contributed by atoms with Crippen molar-refractivity contribution in [1.29, 1.82) is 0 Å². The van der Waals surface area contributed by atoms with Gasteiger partial charge in [0.1, 0.15) is 17.5 Å². The highest BCUT2D eigenvalue weighted by Gasteiger charge is 2.43. The summed E-state index contributed by atoms with van der Waals surface area (Å²) in [6.07, 6.45) is 0.831. The minimum Gasteiger partial charge on any atom is -0.444 e. The van der Waals surface area contributed by atoms with Gasteiger partial charge in [-0.05, 0) is 88.6 Å². The number of ether oxygens (including phenoxy) is 3. The molecule has 0 saturated carbocycles. The molecule has 370 valence electrons. The summed E-state index contributed by atoms with van der Waals surface area (Å²) in [5.74, 6) is -1.85. The second-order valence-electron chi connectivity index (χ2n) is 19.8. The predicted molar refractivity (Wildman–Crippen MR) is 256 cm³/mol.